The van der Waals surface area contributed by atoms with E-state index >= 15 is 0 Å². The number of rotatable bonds is 1. The lowest BCUT2D eigenvalue weighted by atomic mass is 10.2. The Kier molecular flexibility index (Phi) is 2.61. The summed E-state index contributed by atoms with van der Waals surface area (Å²) in [6, 6.07) is 0. The van der Waals surface area contributed by atoms with Crippen molar-refractivity contribution >= 4 is 5.97 Å². The van der Waals surface area contributed by atoms with Crippen LogP contribution in [0.4, 0.5) is 26.3 Å². The molecule has 90 valence electrons. The van der Waals surface area contributed by atoms with Gasteiger partial charge >= 0.3 is 18.3 Å². The Morgan fingerprint density at radius 3 is 1.94 bits per heavy atom. The molecule has 1 heterocycles. The Labute approximate surface area is 82.4 Å². The van der Waals surface area contributed by atoms with E-state index in [2.05, 4.69) is 9.68 Å². The summed E-state index contributed by atoms with van der Waals surface area (Å²) in [6.45, 7) is 0. The van der Waals surface area contributed by atoms with E-state index in [1.54, 1.807) is 0 Å². The summed E-state index contributed by atoms with van der Waals surface area (Å²) in [7, 11) is 0. The van der Waals surface area contributed by atoms with E-state index in [1.165, 1.54) is 0 Å². The van der Waals surface area contributed by atoms with Crippen molar-refractivity contribution in [3.8, 4) is 0 Å². The normalized spacial score (nSPS) is 12.9. The van der Waals surface area contributed by atoms with Gasteiger partial charge < -0.3 is 9.63 Å². The maximum absolute atomic E-state index is 12.1. The molecule has 1 aromatic rings. The van der Waals surface area contributed by atoms with Gasteiger partial charge in [-0.25, -0.2) is 4.79 Å². The van der Waals surface area contributed by atoms with Gasteiger partial charge in [-0.1, -0.05) is 5.16 Å². The van der Waals surface area contributed by atoms with Crippen molar-refractivity contribution in [2.24, 2.45) is 0 Å². The topological polar surface area (TPSA) is 63.3 Å². The molecule has 1 rings (SSSR count). The van der Waals surface area contributed by atoms with Gasteiger partial charge in [-0.15, -0.1) is 0 Å². The molecule has 0 fully saturated rings. The zero-order valence-corrected chi connectivity index (χ0v) is 6.98. The minimum atomic E-state index is -5.36. The number of hydrogen-bond donors (Lipinski definition) is 1. The third-order valence-electron chi connectivity index (χ3n) is 1.43. The predicted octanol–water partition coefficient (Wildman–Crippen LogP) is 2.41. The van der Waals surface area contributed by atoms with Gasteiger partial charge in [0, 0.05) is 0 Å². The number of carboxylic acid groups (broad SMARTS) is 1. The van der Waals surface area contributed by atoms with Crippen molar-refractivity contribution in [2.45, 2.75) is 12.4 Å². The molecular weight excluding hydrogens is 248 g/mol. The second-order valence-corrected chi connectivity index (χ2v) is 2.54. The van der Waals surface area contributed by atoms with Gasteiger partial charge in [0.15, 0.2) is 0 Å². The van der Waals surface area contributed by atoms with Gasteiger partial charge in [-0.3, -0.25) is 0 Å². The zero-order valence-electron chi connectivity index (χ0n) is 6.98. The molecule has 0 saturated carbocycles. The van der Waals surface area contributed by atoms with Crippen LogP contribution in [0.3, 0.4) is 0 Å². The average Bonchev–Trinajstić information content (AvgIpc) is 2.43. The van der Waals surface area contributed by atoms with Crippen LogP contribution in [0.15, 0.2) is 4.52 Å². The fraction of sp³-hybridized carbons (Fsp3) is 0.333. The lowest BCUT2D eigenvalue weighted by Crippen LogP contribution is -2.16. The standard InChI is InChI=1S/C6HF6NO3/c7-5(8,9)2-1(4(14)15)3(16-13-2)6(10,11)12/h(H,14,15). The quantitative estimate of drug-likeness (QED) is 0.776. The molecule has 0 aliphatic rings. The largest absolute Gasteiger partial charge is 0.477 e. The monoisotopic (exact) mass is 249 g/mol. The number of nitrogens with zero attached hydrogens (tertiary/aromatic N) is 1. The number of aromatic carboxylic acids is 1. The van der Waals surface area contributed by atoms with Crippen LogP contribution in [0.2, 0.25) is 0 Å². The average molecular weight is 249 g/mol. The van der Waals surface area contributed by atoms with E-state index in [0.717, 1.165) is 0 Å². The molecule has 10 heteroatoms. The molecule has 0 bridgehead atoms. The molecule has 0 spiro atoms. The van der Waals surface area contributed by atoms with Crippen molar-refractivity contribution in [3.63, 3.8) is 0 Å². The zero-order chi connectivity index (χ0) is 12.7. The number of aromatic nitrogens is 1. The van der Waals surface area contributed by atoms with Crippen LogP contribution in [0.25, 0.3) is 0 Å². The molecule has 0 saturated heterocycles. The van der Waals surface area contributed by atoms with Crippen molar-refractivity contribution in [2.75, 3.05) is 0 Å². The van der Waals surface area contributed by atoms with Crippen LogP contribution < -0.4 is 0 Å². The third kappa shape index (κ3) is 2.09. The fourth-order valence-electron chi connectivity index (χ4n) is 0.876. The lowest BCUT2D eigenvalue weighted by Gasteiger charge is -2.04. The molecule has 0 atom stereocenters. The molecule has 1 N–H and O–H groups in total. The molecule has 0 aromatic carbocycles. The Morgan fingerprint density at radius 2 is 1.62 bits per heavy atom. The van der Waals surface area contributed by atoms with Gasteiger partial charge in [0.2, 0.25) is 5.69 Å². The van der Waals surface area contributed by atoms with Crippen molar-refractivity contribution in [3.05, 3.63) is 17.0 Å². The molecule has 0 unspecified atom stereocenters. The Hall–Kier alpha value is -1.74. The van der Waals surface area contributed by atoms with E-state index in [0.29, 0.717) is 0 Å². The molecule has 16 heavy (non-hydrogen) atoms. The minimum absolute atomic E-state index is 2.04. The van der Waals surface area contributed by atoms with Crippen molar-refractivity contribution in [1.29, 1.82) is 0 Å². The molecule has 0 amide bonds. The summed E-state index contributed by atoms with van der Waals surface area (Å²) in [4.78, 5) is 10.3. The summed E-state index contributed by atoms with van der Waals surface area (Å²) < 4.78 is 75.7. The van der Waals surface area contributed by atoms with E-state index < -0.39 is 35.3 Å². The number of hydrogen-bond acceptors (Lipinski definition) is 3. The predicted molar refractivity (Wildman–Crippen MR) is 33.5 cm³/mol. The number of carboxylic acids is 1. The van der Waals surface area contributed by atoms with Crippen LogP contribution >= 0.6 is 0 Å². The van der Waals surface area contributed by atoms with Crippen LogP contribution in [-0.2, 0) is 12.4 Å². The van der Waals surface area contributed by atoms with Gasteiger partial charge in [-0.05, 0) is 0 Å². The summed E-state index contributed by atoms with van der Waals surface area (Å²) in [5.41, 5.74) is -4.26. The lowest BCUT2D eigenvalue weighted by molar-refractivity contribution is -0.156. The van der Waals surface area contributed by atoms with Crippen molar-refractivity contribution in [1.82, 2.24) is 5.16 Å². The van der Waals surface area contributed by atoms with E-state index in [-0.39, 0.29) is 0 Å². The first-order valence-corrected chi connectivity index (χ1v) is 3.42. The van der Waals surface area contributed by atoms with Gasteiger partial charge in [-0.2, -0.15) is 26.3 Å². The first-order chi connectivity index (χ1) is 7.05. The molecule has 0 aliphatic carbocycles. The minimum Gasteiger partial charge on any atom is -0.477 e. The second-order valence-electron chi connectivity index (χ2n) is 2.54. The number of halogens is 6. The number of carbonyl (C=O) groups is 1. The molecule has 0 radical (unpaired) electrons. The van der Waals surface area contributed by atoms with E-state index in [4.69, 9.17) is 5.11 Å². The van der Waals surface area contributed by atoms with Gasteiger partial charge in [0.1, 0.15) is 5.56 Å². The summed E-state index contributed by atoms with van der Waals surface area (Å²) in [5, 5.41) is 10.3. The maximum Gasteiger partial charge on any atom is 0.453 e. The summed E-state index contributed by atoms with van der Waals surface area (Å²) in [6.07, 6.45) is -10.7. The van der Waals surface area contributed by atoms with Crippen LogP contribution in [0.5, 0.6) is 0 Å². The van der Waals surface area contributed by atoms with Gasteiger partial charge in [0.25, 0.3) is 5.76 Å². The first kappa shape index (κ1) is 12.3. The second kappa shape index (κ2) is 3.39. The van der Waals surface area contributed by atoms with Crippen molar-refractivity contribution < 1.29 is 40.8 Å². The Balaban J connectivity index is 3.47. The van der Waals surface area contributed by atoms with E-state index in [9.17, 15) is 31.1 Å². The molecule has 0 aliphatic heterocycles. The maximum atomic E-state index is 12.1. The summed E-state index contributed by atoms with van der Waals surface area (Å²) in [5.74, 6) is -4.70. The Morgan fingerprint density at radius 1 is 1.12 bits per heavy atom. The SMILES string of the molecule is O=C(O)c1c(C(F)(F)F)noc1C(F)(F)F. The smallest absolute Gasteiger partial charge is 0.453 e. The third-order valence-corrected chi connectivity index (χ3v) is 1.43. The highest BCUT2D eigenvalue weighted by Crippen LogP contribution is 2.38. The highest BCUT2D eigenvalue weighted by molar-refractivity contribution is 5.90. The first-order valence-electron chi connectivity index (χ1n) is 3.42. The molecular formula is C6HF6NO3. The fourth-order valence-corrected chi connectivity index (χ4v) is 0.876. The highest BCUT2D eigenvalue weighted by Gasteiger charge is 2.49. The highest BCUT2D eigenvalue weighted by atomic mass is 19.4. The Bertz CT molecular complexity index is 385. The molecule has 4 nitrogen and oxygen atoms in total. The number of alkyl halides is 6. The van der Waals surface area contributed by atoms with Gasteiger partial charge in [0.05, 0.1) is 0 Å². The van der Waals surface area contributed by atoms with Crippen LogP contribution in [-0.4, -0.2) is 16.2 Å². The van der Waals surface area contributed by atoms with E-state index in [1.807, 2.05) is 0 Å². The summed E-state index contributed by atoms with van der Waals surface area (Å²) >= 11 is 0. The van der Waals surface area contributed by atoms with Crippen LogP contribution in [0, 0.1) is 0 Å². The van der Waals surface area contributed by atoms with Crippen LogP contribution in [0.1, 0.15) is 21.8 Å². The molecule has 1 aromatic heterocycles.